The van der Waals surface area contributed by atoms with Crippen LogP contribution >= 0.6 is 0 Å². The van der Waals surface area contributed by atoms with E-state index < -0.39 is 15.7 Å². The van der Waals surface area contributed by atoms with Crippen molar-refractivity contribution in [1.29, 1.82) is 0 Å². The second kappa shape index (κ2) is 5.01. The van der Waals surface area contributed by atoms with Crippen LogP contribution in [0.25, 0.3) is 0 Å². The molecule has 0 bridgehead atoms. The first-order chi connectivity index (χ1) is 8.88. The molecule has 2 aromatic rings. The summed E-state index contributed by atoms with van der Waals surface area (Å²) in [6, 6.07) is 10.3. The van der Waals surface area contributed by atoms with Gasteiger partial charge < -0.3 is 5.73 Å². The minimum Gasteiger partial charge on any atom is -0.398 e. The summed E-state index contributed by atoms with van der Waals surface area (Å²) in [5.74, 6) is -0.720. The van der Waals surface area contributed by atoms with Crippen LogP contribution in [-0.4, -0.2) is 8.42 Å². The first kappa shape index (κ1) is 13.5. The largest absolute Gasteiger partial charge is 0.398 e. The summed E-state index contributed by atoms with van der Waals surface area (Å²) in [6.07, 6.45) is 0. The van der Waals surface area contributed by atoms with Crippen LogP contribution < -0.4 is 5.73 Å². The Bertz CT molecular complexity index is 711. The van der Waals surface area contributed by atoms with E-state index in [-0.39, 0.29) is 16.3 Å². The summed E-state index contributed by atoms with van der Waals surface area (Å²) in [5.41, 5.74) is 7.25. The number of nitrogen functional groups attached to an aromatic ring is 1. The van der Waals surface area contributed by atoms with E-state index in [1.807, 2.05) is 6.92 Å². The predicted octanol–water partition coefficient (Wildman–Crippen LogP) is 2.69. The Labute approximate surface area is 111 Å². The van der Waals surface area contributed by atoms with Gasteiger partial charge in [0.05, 0.1) is 16.3 Å². The van der Waals surface area contributed by atoms with Crippen LogP contribution in [0.4, 0.5) is 10.1 Å². The van der Waals surface area contributed by atoms with Gasteiger partial charge >= 0.3 is 0 Å². The summed E-state index contributed by atoms with van der Waals surface area (Å²) < 4.78 is 37.5. The summed E-state index contributed by atoms with van der Waals surface area (Å²) in [5, 5.41) is 0. The number of nitrogens with two attached hydrogens (primary N) is 1. The van der Waals surface area contributed by atoms with Gasteiger partial charge in [-0.15, -0.1) is 0 Å². The molecule has 0 aliphatic heterocycles. The number of aryl methyl sites for hydroxylation is 1. The molecule has 0 amide bonds. The van der Waals surface area contributed by atoms with Crippen molar-refractivity contribution >= 4 is 15.5 Å². The number of sulfone groups is 1. The van der Waals surface area contributed by atoms with Gasteiger partial charge in [0.2, 0.25) is 0 Å². The van der Waals surface area contributed by atoms with Gasteiger partial charge in [-0.2, -0.15) is 0 Å². The number of hydrogen-bond acceptors (Lipinski definition) is 3. The Hall–Kier alpha value is -1.88. The minimum atomic E-state index is -3.57. The summed E-state index contributed by atoms with van der Waals surface area (Å²) in [7, 11) is -3.57. The second-order valence-electron chi connectivity index (χ2n) is 4.43. The van der Waals surface area contributed by atoms with Crippen LogP contribution in [0, 0.1) is 12.7 Å². The lowest BCUT2D eigenvalue weighted by molar-refractivity contribution is 0.595. The van der Waals surface area contributed by atoms with Gasteiger partial charge in [-0.05, 0) is 42.3 Å². The summed E-state index contributed by atoms with van der Waals surface area (Å²) in [6.45, 7) is 1.83. The molecule has 2 rings (SSSR count). The molecule has 0 aliphatic carbocycles. The molecule has 0 spiro atoms. The van der Waals surface area contributed by atoms with E-state index in [1.54, 1.807) is 18.2 Å². The molecule has 0 radical (unpaired) electrons. The average Bonchev–Trinajstić information content (AvgIpc) is 2.27. The van der Waals surface area contributed by atoms with Crippen LogP contribution in [0.15, 0.2) is 47.4 Å². The molecule has 5 heteroatoms. The smallest absolute Gasteiger partial charge is 0.184 e. The minimum absolute atomic E-state index is 0.0855. The molecular formula is C14H14FNO2S. The Morgan fingerprint density at radius 1 is 1.16 bits per heavy atom. The van der Waals surface area contributed by atoms with Crippen molar-refractivity contribution in [2.75, 3.05) is 5.73 Å². The first-order valence-corrected chi connectivity index (χ1v) is 7.37. The lowest BCUT2D eigenvalue weighted by Gasteiger charge is -2.08. The van der Waals surface area contributed by atoms with Gasteiger partial charge in [0.25, 0.3) is 0 Å². The molecule has 0 atom stereocenters. The van der Waals surface area contributed by atoms with Crippen molar-refractivity contribution in [3.05, 3.63) is 59.4 Å². The van der Waals surface area contributed by atoms with Crippen molar-refractivity contribution in [1.82, 2.24) is 0 Å². The highest BCUT2D eigenvalue weighted by atomic mass is 32.2. The number of rotatable bonds is 3. The molecule has 0 saturated carbocycles. The van der Waals surface area contributed by atoms with Crippen molar-refractivity contribution in [2.24, 2.45) is 0 Å². The fourth-order valence-electron chi connectivity index (χ4n) is 1.88. The molecule has 100 valence electrons. The lowest BCUT2D eigenvalue weighted by atomic mass is 10.2. The molecular weight excluding hydrogens is 265 g/mol. The molecule has 0 heterocycles. The van der Waals surface area contributed by atoms with Crippen molar-refractivity contribution in [2.45, 2.75) is 17.6 Å². The van der Waals surface area contributed by atoms with E-state index in [9.17, 15) is 12.8 Å². The number of anilines is 1. The summed E-state index contributed by atoms with van der Waals surface area (Å²) >= 11 is 0. The molecule has 0 unspecified atom stereocenters. The van der Waals surface area contributed by atoms with Gasteiger partial charge in [0.1, 0.15) is 5.82 Å². The fraction of sp³-hybridized carbons (Fsp3) is 0.143. The van der Waals surface area contributed by atoms with Crippen LogP contribution in [-0.2, 0) is 15.6 Å². The SMILES string of the molecule is Cc1ccc(S(=O)(=O)Cc2cccc(F)c2)c(N)c1. The third kappa shape index (κ3) is 3.12. The molecule has 0 fully saturated rings. The Morgan fingerprint density at radius 2 is 1.89 bits per heavy atom. The maximum atomic E-state index is 13.1. The van der Waals surface area contributed by atoms with Crippen molar-refractivity contribution < 1.29 is 12.8 Å². The van der Waals surface area contributed by atoms with E-state index >= 15 is 0 Å². The van der Waals surface area contributed by atoms with Crippen LogP contribution in [0.2, 0.25) is 0 Å². The van der Waals surface area contributed by atoms with E-state index in [2.05, 4.69) is 0 Å². The third-order valence-corrected chi connectivity index (χ3v) is 4.50. The zero-order valence-corrected chi connectivity index (χ0v) is 11.2. The first-order valence-electron chi connectivity index (χ1n) is 5.72. The standard InChI is InChI=1S/C14H14FNO2S/c1-10-5-6-14(13(16)7-10)19(17,18)9-11-3-2-4-12(15)8-11/h2-8H,9,16H2,1H3. The molecule has 2 aromatic carbocycles. The molecule has 0 saturated heterocycles. The normalized spacial score (nSPS) is 11.5. The third-order valence-electron chi connectivity index (χ3n) is 2.75. The average molecular weight is 279 g/mol. The molecule has 19 heavy (non-hydrogen) atoms. The van der Waals surface area contributed by atoms with Gasteiger partial charge in [-0.25, -0.2) is 12.8 Å². The zero-order chi connectivity index (χ0) is 14.0. The highest BCUT2D eigenvalue weighted by Crippen LogP contribution is 2.23. The maximum Gasteiger partial charge on any atom is 0.184 e. The highest BCUT2D eigenvalue weighted by molar-refractivity contribution is 7.90. The fourth-order valence-corrected chi connectivity index (χ4v) is 3.34. The van der Waals surface area contributed by atoms with Crippen molar-refractivity contribution in [3.8, 4) is 0 Å². The van der Waals surface area contributed by atoms with Gasteiger partial charge in [-0.1, -0.05) is 18.2 Å². The van der Waals surface area contributed by atoms with E-state index in [0.717, 1.165) is 5.56 Å². The maximum absolute atomic E-state index is 13.1. The topological polar surface area (TPSA) is 60.2 Å². The van der Waals surface area contributed by atoms with E-state index in [0.29, 0.717) is 5.56 Å². The van der Waals surface area contributed by atoms with Crippen molar-refractivity contribution in [3.63, 3.8) is 0 Å². The zero-order valence-electron chi connectivity index (χ0n) is 10.4. The molecule has 3 nitrogen and oxygen atoms in total. The Morgan fingerprint density at radius 3 is 2.53 bits per heavy atom. The van der Waals surface area contributed by atoms with Crippen LogP contribution in [0.5, 0.6) is 0 Å². The summed E-state index contributed by atoms with van der Waals surface area (Å²) in [4.78, 5) is 0.0855. The Balaban J connectivity index is 2.38. The molecule has 0 aromatic heterocycles. The number of halogens is 1. The van der Waals surface area contributed by atoms with Gasteiger partial charge in [0.15, 0.2) is 9.84 Å². The van der Waals surface area contributed by atoms with Gasteiger partial charge in [0, 0.05) is 0 Å². The predicted molar refractivity (Wildman–Crippen MR) is 72.9 cm³/mol. The van der Waals surface area contributed by atoms with E-state index in [1.165, 1.54) is 24.3 Å². The second-order valence-corrected chi connectivity index (χ2v) is 6.39. The number of benzene rings is 2. The Kier molecular flexibility index (Phi) is 3.57. The van der Waals surface area contributed by atoms with Crippen LogP contribution in [0.1, 0.15) is 11.1 Å². The molecule has 0 aliphatic rings. The quantitative estimate of drug-likeness (QED) is 0.879. The molecule has 2 N–H and O–H groups in total. The van der Waals surface area contributed by atoms with Gasteiger partial charge in [-0.3, -0.25) is 0 Å². The van der Waals surface area contributed by atoms with Crippen LogP contribution in [0.3, 0.4) is 0 Å². The monoisotopic (exact) mass is 279 g/mol. The van der Waals surface area contributed by atoms with E-state index in [4.69, 9.17) is 5.73 Å². The number of hydrogen-bond donors (Lipinski definition) is 1. The lowest BCUT2D eigenvalue weighted by Crippen LogP contribution is -2.08. The highest BCUT2D eigenvalue weighted by Gasteiger charge is 2.18.